The molecular weight excluding hydrogens is 628 g/mol. The van der Waals surface area contributed by atoms with Crippen LogP contribution in [0.3, 0.4) is 0 Å². The molecule has 7 amide bonds. The monoisotopic (exact) mass is 668 g/mol. The minimum absolute atomic E-state index is 0.0840. The summed E-state index contributed by atoms with van der Waals surface area (Å²) in [6.07, 6.45) is -2.37. The molecule has 0 saturated heterocycles. The molecule has 0 aromatic carbocycles. The number of hydrogen-bond acceptors (Lipinski definition) is 13. The van der Waals surface area contributed by atoms with Crippen molar-refractivity contribution >= 4 is 72.6 Å². The van der Waals surface area contributed by atoms with Crippen LogP contribution in [0.25, 0.3) is 0 Å². The molecule has 0 radical (unpaired) electrons. The van der Waals surface area contributed by atoms with Crippen molar-refractivity contribution in [3.8, 4) is 0 Å². The number of primary amides is 1. The van der Waals surface area contributed by atoms with Gasteiger partial charge in [-0.3, -0.25) is 33.6 Å². The molecule has 8 atom stereocenters. The lowest BCUT2D eigenvalue weighted by molar-refractivity contribution is -0.141. The van der Waals surface area contributed by atoms with Gasteiger partial charge in [0.2, 0.25) is 41.4 Å². The fraction of sp³-hybridized carbons (Fsp3) is 0.652. The number of aliphatic hydroxyl groups is 2. The molecule has 0 aliphatic carbocycles. The van der Waals surface area contributed by atoms with Gasteiger partial charge < -0.3 is 58.7 Å². The quantitative estimate of drug-likeness (QED) is 0.0572. The zero-order chi connectivity index (χ0) is 34.3. The fourth-order valence-corrected chi connectivity index (χ4v) is 3.57. The molecule has 0 rings (SSSR count). The third-order valence-electron chi connectivity index (χ3n) is 5.75. The van der Waals surface area contributed by atoms with Crippen LogP contribution in [-0.4, -0.2) is 129 Å². The Kier molecular flexibility index (Phi) is 18.0. The van der Waals surface area contributed by atoms with Crippen LogP contribution in [0.15, 0.2) is 0 Å². The predicted octanol–water partition coefficient (Wildman–Crippen LogP) is -6.55. The molecule has 250 valence electrons. The average molecular weight is 669 g/mol. The Balaban J connectivity index is 5.51. The Hall–Kier alpha value is -3.66. The number of carboxylic acids is 1. The van der Waals surface area contributed by atoms with Crippen LogP contribution >= 0.6 is 25.3 Å². The van der Waals surface area contributed by atoms with Gasteiger partial charge in [-0.15, -0.1) is 0 Å². The first-order valence-electron chi connectivity index (χ1n) is 13.0. The van der Waals surface area contributed by atoms with Gasteiger partial charge in [-0.1, -0.05) is 0 Å². The zero-order valence-corrected chi connectivity index (χ0v) is 25.9. The summed E-state index contributed by atoms with van der Waals surface area (Å²) >= 11 is 7.67. The van der Waals surface area contributed by atoms with E-state index in [2.05, 4.69) is 57.2 Å². The lowest BCUT2D eigenvalue weighted by Crippen LogP contribution is -2.61. The molecule has 13 N–H and O–H groups in total. The summed E-state index contributed by atoms with van der Waals surface area (Å²) in [5, 5.41) is 41.7. The van der Waals surface area contributed by atoms with Gasteiger partial charge in [0.05, 0.1) is 25.2 Å². The van der Waals surface area contributed by atoms with Crippen LogP contribution in [-0.2, 0) is 38.4 Å². The van der Waals surface area contributed by atoms with Crippen molar-refractivity contribution in [2.75, 3.05) is 18.1 Å². The highest BCUT2D eigenvalue weighted by Gasteiger charge is 2.34. The van der Waals surface area contributed by atoms with Crippen LogP contribution in [0.5, 0.6) is 0 Å². The Morgan fingerprint density at radius 1 is 0.659 bits per heavy atom. The van der Waals surface area contributed by atoms with Crippen molar-refractivity contribution in [3.05, 3.63) is 0 Å². The smallest absolute Gasteiger partial charge is 0.327 e. The number of carbonyl (C=O) groups excluding carboxylic acids is 7. The summed E-state index contributed by atoms with van der Waals surface area (Å²) < 4.78 is 0. The van der Waals surface area contributed by atoms with Crippen molar-refractivity contribution < 1.29 is 53.7 Å². The van der Waals surface area contributed by atoms with E-state index in [4.69, 9.17) is 16.6 Å². The molecule has 19 nitrogen and oxygen atoms in total. The first-order valence-corrected chi connectivity index (χ1v) is 14.3. The number of aliphatic carboxylic acids is 1. The van der Waals surface area contributed by atoms with Gasteiger partial charge in [-0.2, -0.15) is 25.3 Å². The zero-order valence-electron chi connectivity index (χ0n) is 24.1. The highest BCUT2D eigenvalue weighted by atomic mass is 32.1. The highest BCUT2D eigenvalue weighted by molar-refractivity contribution is 7.80. The van der Waals surface area contributed by atoms with E-state index in [1.807, 2.05) is 0 Å². The lowest BCUT2D eigenvalue weighted by Gasteiger charge is -2.27. The van der Waals surface area contributed by atoms with Gasteiger partial charge in [0.1, 0.15) is 36.3 Å². The number of carboxylic acid groups (broad SMARTS) is 1. The van der Waals surface area contributed by atoms with Crippen molar-refractivity contribution in [2.24, 2.45) is 11.5 Å². The van der Waals surface area contributed by atoms with E-state index in [-0.39, 0.29) is 11.5 Å². The second-order valence-corrected chi connectivity index (χ2v) is 10.3. The summed E-state index contributed by atoms with van der Waals surface area (Å²) in [7, 11) is 0. The van der Waals surface area contributed by atoms with E-state index in [0.29, 0.717) is 0 Å². The maximum absolute atomic E-state index is 12.9. The highest BCUT2D eigenvalue weighted by Crippen LogP contribution is 2.01. The van der Waals surface area contributed by atoms with Gasteiger partial charge in [-0.05, 0) is 20.8 Å². The van der Waals surface area contributed by atoms with E-state index < -0.39 is 109 Å². The average Bonchev–Trinajstić information content (AvgIpc) is 2.94. The number of nitrogens with two attached hydrogens (primary N) is 2. The molecule has 0 saturated carbocycles. The standard InChI is InChI=1S/C23H40N8O11S2/c1-8(17(35)26-9(2)18(36)30-14(7-44)23(41)42)27-22(40)16(10(3)33)31-20(38)12(4-15(25)34)28-21(39)13(5-32)29-19(37)11(24)6-43/h8-14,16,32-33,43-44H,4-7,24H2,1-3H3,(H2,25,34)(H,26,35)(H,27,40)(H,28,39)(H,29,37)(H,30,36)(H,31,38)(H,41,42)/t8-,9-,10+,11-,12-,13-,14-,16-/m0/s1. The molecule has 0 aliphatic rings. The van der Waals surface area contributed by atoms with Gasteiger partial charge in [0, 0.05) is 11.5 Å². The number of amides is 7. The number of hydrogen-bond donors (Lipinski definition) is 13. The van der Waals surface area contributed by atoms with Crippen molar-refractivity contribution in [1.82, 2.24) is 31.9 Å². The third kappa shape index (κ3) is 13.8. The van der Waals surface area contributed by atoms with Crippen molar-refractivity contribution in [1.29, 1.82) is 0 Å². The number of aliphatic hydroxyl groups excluding tert-OH is 2. The van der Waals surface area contributed by atoms with E-state index in [9.17, 15) is 48.6 Å². The Morgan fingerprint density at radius 3 is 1.55 bits per heavy atom. The van der Waals surface area contributed by atoms with Gasteiger partial charge in [0.25, 0.3) is 0 Å². The van der Waals surface area contributed by atoms with E-state index >= 15 is 0 Å². The largest absolute Gasteiger partial charge is 0.480 e. The summed E-state index contributed by atoms with van der Waals surface area (Å²) in [4.78, 5) is 97.8. The minimum atomic E-state index is -1.74. The Morgan fingerprint density at radius 2 is 1.11 bits per heavy atom. The van der Waals surface area contributed by atoms with E-state index in [0.717, 1.165) is 6.92 Å². The van der Waals surface area contributed by atoms with Crippen LogP contribution in [0.2, 0.25) is 0 Å². The number of thiol groups is 2. The summed E-state index contributed by atoms with van der Waals surface area (Å²) in [5.41, 5.74) is 10.7. The second-order valence-electron chi connectivity index (χ2n) is 9.53. The van der Waals surface area contributed by atoms with Crippen LogP contribution in [0, 0.1) is 0 Å². The second kappa shape index (κ2) is 19.6. The topological polar surface area (TPSA) is 321 Å². The normalized spacial score (nSPS) is 16.3. The van der Waals surface area contributed by atoms with E-state index in [1.165, 1.54) is 13.8 Å². The molecule has 0 aliphatic heterocycles. The molecule has 0 heterocycles. The number of carbonyl (C=O) groups is 8. The first kappa shape index (κ1) is 40.3. The van der Waals surface area contributed by atoms with Gasteiger partial charge in [-0.25, -0.2) is 4.79 Å². The summed E-state index contributed by atoms with van der Waals surface area (Å²) in [5.74, 6) is -8.64. The SMILES string of the molecule is C[C@H](NC(=O)[C@H](C)NC(=O)[C@@H](NC(=O)[C@H](CC(N)=O)NC(=O)[C@H](CO)NC(=O)[C@@H](N)CS)[C@@H](C)O)C(=O)N[C@@H](CS)C(=O)O. The van der Waals surface area contributed by atoms with Gasteiger partial charge in [0.15, 0.2) is 0 Å². The maximum Gasteiger partial charge on any atom is 0.327 e. The molecule has 0 bridgehead atoms. The fourth-order valence-electron chi connectivity index (χ4n) is 3.15. The number of nitrogens with one attached hydrogen (secondary N) is 6. The molecule has 0 fully saturated rings. The first-order chi connectivity index (χ1) is 20.4. The lowest BCUT2D eigenvalue weighted by atomic mass is 10.1. The third-order valence-corrected chi connectivity index (χ3v) is 6.51. The maximum atomic E-state index is 12.9. The number of rotatable bonds is 19. The minimum Gasteiger partial charge on any atom is -0.480 e. The summed E-state index contributed by atoms with van der Waals surface area (Å²) in [6, 6.07) is -10.1. The van der Waals surface area contributed by atoms with Gasteiger partial charge >= 0.3 is 5.97 Å². The molecule has 0 unspecified atom stereocenters. The van der Waals surface area contributed by atoms with Crippen LogP contribution < -0.4 is 43.4 Å². The van der Waals surface area contributed by atoms with Crippen LogP contribution in [0.4, 0.5) is 0 Å². The van der Waals surface area contributed by atoms with Crippen molar-refractivity contribution in [3.63, 3.8) is 0 Å². The molecule has 44 heavy (non-hydrogen) atoms. The molecular formula is C23H40N8O11S2. The van der Waals surface area contributed by atoms with E-state index in [1.54, 1.807) is 0 Å². The molecule has 0 spiro atoms. The predicted molar refractivity (Wildman–Crippen MR) is 159 cm³/mol. The summed E-state index contributed by atoms with van der Waals surface area (Å²) in [6.45, 7) is 2.67. The molecule has 0 aromatic heterocycles. The Labute approximate surface area is 263 Å². The Bertz CT molecular complexity index is 1080. The molecule has 21 heteroatoms. The molecule has 0 aromatic rings. The van der Waals surface area contributed by atoms with Crippen molar-refractivity contribution in [2.45, 2.75) is 75.6 Å². The van der Waals surface area contributed by atoms with Crippen LogP contribution in [0.1, 0.15) is 27.2 Å².